The topological polar surface area (TPSA) is 63.8 Å². The van der Waals surface area contributed by atoms with Crippen molar-refractivity contribution in [2.75, 3.05) is 0 Å². The average molecular weight is 246 g/mol. The molecule has 18 heavy (non-hydrogen) atoms. The lowest BCUT2D eigenvalue weighted by Gasteiger charge is -2.26. The Morgan fingerprint density at radius 1 is 1.39 bits per heavy atom. The molecule has 1 atom stereocenters. The highest BCUT2D eigenvalue weighted by molar-refractivity contribution is 5.72. The van der Waals surface area contributed by atoms with Crippen LogP contribution in [0.1, 0.15) is 44.0 Å². The molecule has 5 heteroatoms. The van der Waals surface area contributed by atoms with E-state index < -0.39 is 6.23 Å². The molecule has 1 unspecified atom stereocenters. The lowest BCUT2D eigenvalue weighted by molar-refractivity contribution is 0.0836. The van der Waals surface area contributed by atoms with Crippen molar-refractivity contribution in [2.45, 2.75) is 45.3 Å². The molecule has 1 fully saturated rings. The summed E-state index contributed by atoms with van der Waals surface area (Å²) in [6.45, 7) is 1.90. The van der Waals surface area contributed by atoms with Crippen LogP contribution in [0.4, 0.5) is 0 Å². The standard InChI is InChI=1S/C13H18N4O/c1-9-12-13(15-7-14-9)17(8-16-12)11(18)6-5-10-3-2-4-10/h7-8,10-11,18H,2-6H2,1H3. The van der Waals surface area contributed by atoms with Gasteiger partial charge in [0.1, 0.15) is 18.1 Å². The van der Waals surface area contributed by atoms with Crippen LogP contribution in [0.2, 0.25) is 0 Å². The first-order chi connectivity index (χ1) is 8.75. The normalized spacial score (nSPS) is 17.9. The van der Waals surface area contributed by atoms with E-state index >= 15 is 0 Å². The maximum Gasteiger partial charge on any atom is 0.165 e. The molecule has 2 heterocycles. The Hall–Kier alpha value is -1.49. The minimum absolute atomic E-state index is 0.523. The Bertz CT molecular complexity index is 547. The Morgan fingerprint density at radius 2 is 2.22 bits per heavy atom. The van der Waals surface area contributed by atoms with Gasteiger partial charge in [0.2, 0.25) is 0 Å². The third-order valence-corrected chi connectivity index (χ3v) is 3.92. The molecule has 0 aliphatic heterocycles. The van der Waals surface area contributed by atoms with Crippen molar-refractivity contribution in [3.8, 4) is 0 Å². The lowest BCUT2D eigenvalue weighted by atomic mass is 9.82. The number of aliphatic hydroxyl groups is 1. The number of hydrogen-bond donors (Lipinski definition) is 1. The third kappa shape index (κ3) is 1.99. The summed E-state index contributed by atoms with van der Waals surface area (Å²) in [6, 6.07) is 0. The van der Waals surface area contributed by atoms with Crippen molar-refractivity contribution in [3.05, 3.63) is 18.3 Å². The van der Waals surface area contributed by atoms with Gasteiger partial charge in [-0.25, -0.2) is 15.0 Å². The van der Waals surface area contributed by atoms with Crippen LogP contribution in [0.5, 0.6) is 0 Å². The van der Waals surface area contributed by atoms with Gasteiger partial charge in [0.15, 0.2) is 5.65 Å². The van der Waals surface area contributed by atoms with Gasteiger partial charge in [-0.05, 0) is 25.7 Å². The van der Waals surface area contributed by atoms with Crippen molar-refractivity contribution in [1.29, 1.82) is 0 Å². The number of nitrogens with zero attached hydrogens (tertiary/aromatic N) is 4. The van der Waals surface area contributed by atoms with Crippen LogP contribution in [-0.2, 0) is 0 Å². The first-order valence-electron chi connectivity index (χ1n) is 6.58. The predicted octanol–water partition coefficient (Wildman–Crippen LogP) is 2.21. The van der Waals surface area contributed by atoms with E-state index in [1.165, 1.54) is 25.6 Å². The van der Waals surface area contributed by atoms with Gasteiger partial charge in [0, 0.05) is 0 Å². The molecular weight excluding hydrogens is 228 g/mol. The maximum absolute atomic E-state index is 10.2. The maximum atomic E-state index is 10.2. The Kier molecular flexibility index (Phi) is 2.99. The molecule has 0 bridgehead atoms. The molecule has 1 N–H and O–H groups in total. The smallest absolute Gasteiger partial charge is 0.165 e. The molecule has 0 saturated heterocycles. The number of hydrogen-bond acceptors (Lipinski definition) is 4. The van der Waals surface area contributed by atoms with Gasteiger partial charge in [-0.3, -0.25) is 4.57 Å². The van der Waals surface area contributed by atoms with Crippen molar-refractivity contribution < 1.29 is 5.11 Å². The Morgan fingerprint density at radius 3 is 2.94 bits per heavy atom. The molecule has 0 spiro atoms. The SMILES string of the molecule is Cc1ncnc2c1ncn2C(O)CCC1CCC1. The van der Waals surface area contributed by atoms with Crippen LogP contribution in [0.15, 0.2) is 12.7 Å². The highest BCUT2D eigenvalue weighted by Gasteiger charge is 2.20. The van der Waals surface area contributed by atoms with E-state index in [4.69, 9.17) is 0 Å². The summed E-state index contributed by atoms with van der Waals surface area (Å²) in [4.78, 5) is 12.6. The van der Waals surface area contributed by atoms with Crippen LogP contribution in [0.25, 0.3) is 11.2 Å². The van der Waals surface area contributed by atoms with E-state index in [1.807, 2.05) is 6.92 Å². The third-order valence-electron chi connectivity index (χ3n) is 3.92. The van der Waals surface area contributed by atoms with E-state index in [-0.39, 0.29) is 0 Å². The Labute approximate surface area is 106 Å². The van der Waals surface area contributed by atoms with Gasteiger partial charge in [-0.1, -0.05) is 19.3 Å². The van der Waals surface area contributed by atoms with Gasteiger partial charge >= 0.3 is 0 Å². The fourth-order valence-corrected chi connectivity index (χ4v) is 2.49. The summed E-state index contributed by atoms with van der Waals surface area (Å²) in [5, 5.41) is 10.2. The number of rotatable bonds is 4. The predicted molar refractivity (Wildman–Crippen MR) is 67.9 cm³/mol. The van der Waals surface area contributed by atoms with Crippen LogP contribution < -0.4 is 0 Å². The van der Waals surface area contributed by atoms with E-state index in [1.54, 1.807) is 10.9 Å². The van der Waals surface area contributed by atoms with Crippen LogP contribution in [-0.4, -0.2) is 24.6 Å². The zero-order valence-corrected chi connectivity index (χ0v) is 10.6. The van der Waals surface area contributed by atoms with Crippen molar-refractivity contribution in [1.82, 2.24) is 19.5 Å². The van der Waals surface area contributed by atoms with Gasteiger partial charge in [0.05, 0.1) is 12.0 Å². The molecule has 5 nitrogen and oxygen atoms in total. The van der Waals surface area contributed by atoms with E-state index in [0.29, 0.717) is 0 Å². The second-order valence-corrected chi connectivity index (χ2v) is 5.14. The first-order valence-corrected chi connectivity index (χ1v) is 6.58. The highest BCUT2D eigenvalue weighted by atomic mass is 16.3. The lowest BCUT2D eigenvalue weighted by Crippen LogP contribution is -2.14. The summed E-state index contributed by atoms with van der Waals surface area (Å²) in [6.07, 6.45) is 8.51. The number of aromatic nitrogens is 4. The fourth-order valence-electron chi connectivity index (χ4n) is 2.49. The number of aliphatic hydroxyl groups excluding tert-OH is 1. The van der Waals surface area contributed by atoms with Crippen molar-refractivity contribution in [3.63, 3.8) is 0 Å². The minimum atomic E-state index is -0.523. The summed E-state index contributed by atoms with van der Waals surface area (Å²) in [5.41, 5.74) is 2.36. The van der Waals surface area contributed by atoms with Gasteiger partial charge < -0.3 is 5.11 Å². The zero-order valence-electron chi connectivity index (χ0n) is 10.6. The van der Waals surface area contributed by atoms with Crippen molar-refractivity contribution in [2.24, 2.45) is 5.92 Å². The van der Waals surface area contributed by atoms with E-state index in [9.17, 15) is 5.11 Å². The summed E-state index contributed by atoms with van der Waals surface area (Å²) >= 11 is 0. The molecule has 96 valence electrons. The summed E-state index contributed by atoms with van der Waals surface area (Å²) < 4.78 is 1.75. The molecular formula is C13H18N4O. The summed E-state index contributed by atoms with van der Waals surface area (Å²) in [7, 11) is 0. The highest BCUT2D eigenvalue weighted by Crippen LogP contribution is 2.32. The summed E-state index contributed by atoms with van der Waals surface area (Å²) in [5.74, 6) is 0.811. The monoisotopic (exact) mass is 246 g/mol. The van der Waals surface area contributed by atoms with Crippen molar-refractivity contribution >= 4 is 11.2 Å². The molecule has 0 aromatic carbocycles. The number of fused-ring (bicyclic) bond motifs is 1. The van der Waals surface area contributed by atoms with E-state index in [2.05, 4.69) is 15.0 Å². The molecule has 2 aromatic rings. The Balaban J connectivity index is 1.78. The second kappa shape index (κ2) is 4.65. The van der Waals surface area contributed by atoms with E-state index in [0.717, 1.165) is 35.6 Å². The van der Waals surface area contributed by atoms with Gasteiger partial charge in [0.25, 0.3) is 0 Å². The molecule has 1 saturated carbocycles. The fraction of sp³-hybridized carbons (Fsp3) is 0.615. The largest absolute Gasteiger partial charge is 0.373 e. The number of imidazole rings is 1. The zero-order chi connectivity index (χ0) is 12.5. The molecule has 1 aliphatic rings. The number of aryl methyl sites for hydroxylation is 1. The van der Waals surface area contributed by atoms with Gasteiger partial charge in [-0.2, -0.15) is 0 Å². The average Bonchev–Trinajstić information content (AvgIpc) is 2.72. The first kappa shape index (κ1) is 11.6. The second-order valence-electron chi connectivity index (χ2n) is 5.14. The van der Waals surface area contributed by atoms with Crippen LogP contribution in [0, 0.1) is 12.8 Å². The van der Waals surface area contributed by atoms with Crippen LogP contribution in [0.3, 0.4) is 0 Å². The molecule has 0 radical (unpaired) electrons. The molecule has 3 rings (SSSR count). The van der Waals surface area contributed by atoms with Crippen LogP contribution >= 0.6 is 0 Å². The quantitative estimate of drug-likeness (QED) is 0.898. The minimum Gasteiger partial charge on any atom is -0.373 e. The molecule has 1 aliphatic carbocycles. The van der Waals surface area contributed by atoms with Gasteiger partial charge in [-0.15, -0.1) is 0 Å². The molecule has 0 amide bonds. The molecule has 2 aromatic heterocycles.